The first-order valence-corrected chi connectivity index (χ1v) is 26.4. The lowest BCUT2D eigenvalue weighted by Gasteiger charge is -2.23. The highest BCUT2D eigenvalue weighted by Crippen LogP contribution is 2.38. The van der Waals surface area contributed by atoms with Crippen LogP contribution in [0.3, 0.4) is 0 Å². The zero-order valence-electron chi connectivity index (χ0n) is 40.5. The zero-order valence-corrected chi connectivity index (χ0v) is 47.5. The summed E-state index contributed by atoms with van der Waals surface area (Å²) in [6.07, 6.45) is 0. The van der Waals surface area contributed by atoms with Crippen LogP contribution in [0.5, 0.6) is 0 Å². The monoisotopic (exact) mass is 1150 g/mol. The summed E-state index contributed by atoms with van der Waals surface area (Å²) in [5, 5.41) is 0.131. The van der Waals surface area contributed by atoms with E-state index in [1.54, 1.807) is 0 Å². The van der Waals surface area contributed by atoms with Gasteiger partial charge in [-0.15, -0.1) is 34.8 Å². The summed E-state index contributed by atoms with van der Waals surface area (Å²) in [6, 6.07) is 82.0. The third-order valence-corrected chi connectivity index (χ3v) is 13.5. The molecule has 0 fully saturated rings. The maximum Gasteiger partial charge on any atom is 0.0916 e. The predicted molar refractivity (Wildman–Crippen MR) is 312 cm³/mol. The van der Waals surface area contributed by atoms with Gasteiger partial charge >= 0.3 is 0 Å². The predicted octanol–water partition coefficient (Wildman–Crippen LogP) is 21.1. The Hall–Kier alpha value is -3.93. The molecule has 8 aromatic carbocycles. The molecule has 0 bridgehead atoms. The standard InChI is InChI=1S/C14H13Br.C14H13Cl.C9H11Br.C9H11Cl.C8H9Br.C8H9Cl/c2*1-14(15,12-8-4-2-5-9-12)13-10-6-3-7-11-13;2*1-9(2,10)8-6-4-3-5-7-8;2*1-7(9)8-5-3-2-4-6-8/h2*2-11H,1H3;2*3-7H,1-2H3;2*2-7H,1H3. The van der Waals surface area contributed by atoms with Gasteiger partial charge in [-0.2, -0.15) is 0 Å². The first-order chi connectivity index (χ1) is 32.2. The second-order valence-corrected chi connectivity index (χ2v) is 24.5. The Labute approximate surface area is 449 Å². The van der Waals surface area contributed by atoms with Gasteiger partial charge in [0.15, 0.2) is 0 Å². The maximum absolute atomic E-state index is 6.59. The molecule has 0 N–H and O–H groups in total. The smallest absolute Gasteiger partial charge is 0.0916 e. The van der Waals surface area contributed by atoms with E-state index in [2.05, 4.69) is 185 Å². The van der Waals surface area contributed by atoms with E-state index in [4.69, 9.17) is 34.8 Å². The van der Waals surface area contributed by atoms with Gasteiger partial charge in [0, 0.05) is 9.15 Å². The molecule has 0 aliphatic heterocycles. The Kier molecular flexibility index (Phi) is 25.7. The maximum atomic E-state index is 6.59. The summed E-state index contributed by atoms with van der Waals surface area (Å²) < 4.78 is 0.00375. The molecule has 0 radical (unpaired) electrons. The number of halogens is 6. The van der Waals surface area contributed by atoms with E-state index in [0.717, 1.165) is 16.7 Å². The van der Waals surface area contributed by atoms with Crippen LogP contribution in [0.4, 0.5) is 0 Å². The van der Waals surface area contributed by atoms with Crippen molar-refractivity contribution in [2.45, 2.75) is 84.0 Å². The first-order valence-electron chi connectivity index (χ1n) is 22.7. The molecule has 68 heavy (non-hydrogen) atoms. The van der Waals surface area contributed by atoms with E-state index in [0.29, 0.717) is 4.83 Å². The summed E-state index contributed by atoms with van der Waals surface area (Å²) in [6.45, 7) is 16.6. The minimum atomic E-state index is -0.442. The van der Waals surface area contributed by atoms with E-state index in [-0.39, 0.29) is 18.9 Å². The highest BCUT2D eigenvalue weighted by Gasteiger charge is 2.25. The molecule has 0 aliphatic carbocycles. The van der Waals surface area contributed by atoms with E-state index in [1.165, 1.54) is 27.8 Å². The third kappa shape index (κ3) is 21.4. The van der Waals surface area contributed by atoms with E-state index >= 15 is 0 Å². The Morgan fingerprint density at radius 3 is 0.765 bits per heavy atom. The highest BCUT2D eigenvalue weighted by atomic mass is 79.9. The van der Waals surface area contributed by atoms with Crippen molar-refractivity contribution < 1.29 is 0 Å². The molecular formula is C62H66Br3Cl3. The van der Waals surface area contributed by atoms with Gasteiger partial charge in [-0.25, -0.2) is 0 Å². The van der Waals surface area contributed by atoms with Crippen LogP contribution in [0.25, 0.3) is 0 Å². The fraction of sp³-hybridized carbons (Fsp3) is 0.226. The summed E-state index contributed by atoms with van der Waals surface area (Å²) in [4.78, 5) is -0.206. The number of alkyl halides is 6. The lowest BCUT2D eigenvalue weighted by molar-refractivity contribution is 0.766. The van der Waals surface area contributed by atoms with Crippen molar-refractivity contribution in [1.82, 2.24) is 0 Å². The summed E-state index contributed by atoms with van der Waals surface area (Å²) >= 11 is 29.3. The summed E-state index contributed by atoms with van der Waals surface area (Å²) in [5.74, 6) is 0. The molecule has 8 rings (SSSR count). The number of hydrogen-bond acceptors (Lipinski definition) is 0. The van der Waals surface area contributed by atoms with Gasteiger partial charge in [0.2, 0.25) is 0 Å². The lowest BCUT2D eigenvalue weighted by atomic mass is 9.92. The van der Waals surface area contributed by atoms with Gasteiger partial charge in [0.05, 0.1) is 19.4 Å². The van der Waals surface area contributed by atoms with Crippen LogP contribution >= 0.6 is 82.6 Å². The van der Waals surface area contributed by atoms with Crippen LogP contribution < -0.4 is 0 Å². The van der Waals surface area contributed by atoms with Crippen molar-refractivity contribution in [2.24, 2.45) is 0 Å². The Balaban J connectivity index is 0.000000219. The average Bonchev–Trinajstić information content (AvgIpc) is 3.36. The van der Waals surface area contributed by atoms with Crippen LogP contribution in [0.1, 0.15) is 110 Å². The molecule has 0 saturated heterocycles. The molecule has 0 heterocycles. The largest absolute Gasteiger partial charge is 0.118 e. The molecule has 2 atom stereocenters. The number of benzene rings is 8. The first kappa shape index (κ1) is 58.4. The van der Waals surface area contributed by atoms with Crippen molar-refractivity contribution in [3.8, 4) is 0 Å². The molecule has 0 spiro atoms. The normalized spacial score (nSPS) is 11.9. The Morgan fingerprint density at radius 2 is 0.574 bits per heavy atom. The van der Waals surface area contributed by atoms with Crippen molar-refractivity contribution in [3.63, 3.8) is 0 Å². The third-order valence-electron chi connectivity index (χ3n) is 10.7. The lowest BCUT2D eigenvalue weighted by Crippen LogP contribution is -2.14. The molecule has 8 aromatic rings. The quantitative estimate of drug-likeness (QED) is 0.133. The Morgan fingerprint density at radius 1 is 0.338 bits per heavy atom. The van der Waals surface area contributed by atoms with E-state index in [1.807, 2.05) is 161 Å². The zero-order chi connectivity index (χ0) is 50.1. The van der Waals surface area contributed by atoms with Crippen LogP contribution in [0.2, 0.25) is 0 Å². The van der Waals surface area contributed by atoms with Crippen LogP contribution in [-0.2, 0) is 18.4 Å². The second-order valence-electron chi connectivity index (χ2n) is 17.2. The van der Waals surface area contributed by atoms with E-state index < -0.39 is 4.87 Å². The minimum absolute atomic E-state index is 0.102. The van der Waals surface area contributed by atoms with Gasteiger partial charge in [0.25, 0.3) is 0 Å². The number of rotatable bonds is 8. The van der Waals surface area contributed by atoms with Crippen molar-refractivity contribution in [2.75, 3.05) is 0 Å². The van der Waals surface area contributed by atoms with Crippen LogP contribution in [-0.4, -0.2) is 0 Å². The van der Waals surface area contributed by atoms with Crippen molar-refractivity contribution in [3.05, 3.63) is 287 Å². The minimum Gasteiger partial charge on any atom is -0.118 e. The highest BCUT2D eigenvalue weighted by molar-refractivity contribution is 9.10. The fourth-order valence-electron chi connectivity index (χ4n) is 6.44. The molecule has 6 heteroatoms. The molecule has 0 nitrogen and oxygen atoms in total. The van der Waals surface area contributed by atoms with Crippen LogP contribution in [0.15, 0.2) is 243 Å². The summed E-state index contributed by atoms with van der Waals surface area (Å²) in [7, 11) is 0. The van der Waals surface area contributed by atoms with E-state index in [9.17, 15) is 0 Å². The van der Waals surface area contributed by atoms with Gasteiger partial charge in [-0.3, -0.25) is 0 Å². The van der Waals surface area contributed by atoms with Gasteiger partial charge in [-0.1, -0.05) is 290 Å². The molecular weight excluding hydrogens is 1090 g/mol. The average molecular weight is 1160 g/mol. The summed E-state index contributed by atoms with van der Waals surface area (Å²) in [5.41, 5.74) is 9.78. The van der Waals surface area contributed by atoms with Gasteiger partial charge < -0.3 is 0 Å². The number of hydrogen-bond donors (Lipinski definition) is 0. The topological polar surface area (TPSA) is 0 Å². The fourth-order valence-corrected chi connectivity index (χ4v) is 8.07. The van der Waals surface area contributed by atoms with Crippen LogP contribution in [0, 0.1) is 0 Å². The molecule has 0 saturated carbocycles. The Bertz CT molecular complexity index is 2210. The SMILES string of the molecule is CC(Br)(c1ccccc1)c1ccccc1.CC(Br)c1ccccc1.CC(C)(Br)c1ccccc1.CC(C)(Cl)c1ccccc1.CC(Cl)(c1ccccc1)c1ccccc1.CC(Cl)c1ccccc1. The molecule has 2 unspecified atom stereocenters. The van der Waals surface area contributed by atoms with Gasteiger partial charge in [0.1, 0.15) is 0 Å². The molecule has 0 amide bonds. The second kappa shape index (κ2) is 30.0. The molecule has 356 valence electrons. The molecule has 0 aliphatic rings. The molecule has 0 aromatic heterocycles. The van der Waals surface area contributed by atoms with Crippen molar-refractivity contribution in [1.29, 1.82) is 0 Å². The van der Waals surface area contributed by atoms with Gasteiger partial charge in [-0.05, 0) is 99.9 Å². The van der Waals surface area contributed by atoms with Crippen molar-refractivity contribution >= 4 is 82.6 Å².